The number of likely N-dealkylation sites (N-methyl/N-ethyl adjacent to an activating group) is 1. The van der Waals surface area contributed by atoms with Crippen LogP contribution in [0.25, 0.3) is 0 Å². The Hall–Kier alpha value is -1.56. The van der Waals surface area contributed by atoms with Crippen LogP contribution in [-0.2, 0) is 0 Å². The van der Waals surface area contributed by atoms with Gasteiger partial charge in [-0.2, -0.15) is 4.98 Å². The van der Waals surface area contributed by atoms with E-state index in [1.807, 2.05) is 13.8 Å². The maximum Gasteiger partial charge on any atom is 0.242 e. The third-order valence-corrected chi connectivity index (χ3v) is 2.83. The van der Waals surface area contributed by atoms with Crippen LogP contribution in [0.15, 0.2) is 6.33 Å². The Morgan fingerprint density at radius 2 is 2.00 bits per heavy atom. The monoisotopic (exact) mass is 267 g/mol. The first-order chi connectivity index (χ1) is 8.91. The van der Waals surface area contributed by atoms with E-state index in [9.17, 15) is 0 Å². The fourth-order valence-corrected chi connectivity index (χ4v) is 1.45. The molecule has 0 radical (unpaired) electrons. The maximum atomic E-state index is 5.98. The molecular weight excluding hydrogens is 242 g/mol. The highest BCUT2D eigenvalue weighted by molar-refractivity contribution is 5.66. The number of hydrogen-bond donors (Lipinski definition) is 2. The topological polar surface area (TPSA) is 76.3 Å². The number of hydrogen-bond acceptors (Lipinski definition) is 6. The number of nitrogens with one attached hydrogen (secondary N) is 1. The molecule has 1 rings (SSSR count). The first-order valence-corrected chi connectivity index (χ1v) is 6.63. The van der Waals surface area contributed by atoms with Crippen LogP contribution >= 0.6 is 0 Å². The van der Waals surface area contributed by atoms with E-state index < -0.39 is 0 Å². The molecule has 6 nitrogen and oxygen atoms in total. The zero-order valence-corrected chi connectivity index (χ0v) is 12.5. The Kier molecular flexibility index (Phi) is 5.82. The molecule has 19 heavy (non-hydrogen) atoms. The minimum Gasteiger partial charge on any atom is -0.473 e. The second-order valence-corrected chi connectivity index (χ2v) is 5.11. The van der Waals surface area contributed by atoms with Gasteiger partial charge in [0.25, 0.3) is 0 Å². The molecule has 0 saturated heterocycles. The van der Waals surface area contributed by atoms with Gasteiger partial charge in [-0.3, -0.25) is 0 Å². The fourth-order valence-electron chi connectivity index (χ4n) is 1.45. The van der Waals surface area contributed by atoms with Crippen molar-refractivity contribution < 1.29 is 4.74 Å². The molecule has 0 aliphatic rings. The predicted molar refractivity (Wildman–Crippen MR) is 78.5 cm³/mol. The van der Waals surface area contributed by atoms with Gasteiger partial charge in [0.15, 0.2) is 5.82 Å². The average Bonchev–Trinajstić information content (AvgIpc) is 2.32. The quantitative estimate of drug-likeness (QED) is 0.781. The van der Waals surface area contributed by atoms with Gasteiger partial charge < -0.3 is 20.7 Å². The normalized spacial score (nSPS) is 11.4. The third kappa shape index (κ3) is 4.90. The molecule has 0 amide bonds. The van der Waals surface area contributed by atoms with Gasteiger partial charge in [0.05, 0.1) is 6.10 Å². The molecular formula is C13H25N5O. The summed E-state index contributed by atoms with van der Waals surface area (Å²) in [5.41, 5.74) is 6.44. The second kappa shape index (κ2) is 7.13. The molecule has 0 bridgehead atoms. The summed E-state index contributed by atoms with van der Waals surface area (Å²) in [4.78, 5) is 10.4. The highest BCUT2D eigenvalue weighted by Gasteiger charge is 2.10. The molecule has 6 heteroatoms. The number of nitrogen functional groups attached to an aromatic ring is 1. The molecule has 3 N–H and O–H groups in total. The molecule has 0 spiro atoms. The van der Waals surface area contributed by atoms with Crippen LogP contribution < -0.4 is 15.8 Å². The first kappa shape index (κ1) is 15.5. The molecule has 1 aromatic rings. The lowest BCUT2D eigenvalue weighted by Crippen LogP contribution is -2.31. The number of aromatic nitrogens is 2. The van der Waals surface area contributed by atoms with Gasteiger partial charge in [-0.25, -0.2) is 4.98 Å². The van der Waals surface area contributed by atoms with Crippen LogP contribution in [0.2, 0.25) is 0 Å². The molecule has 0 aliphatic heterocycles. The van der Waals surface area contributed by atoms with Gasteiger partial charge in [0.1, 0.15) is 12.0 Å². The molecule has 0 saturated carbocycles. The van der Waals surface area contributed by atoms with Crippen molar-refractivity contribution in [2.45, 2.75) is 39.8 Å². The molecule has 0 atom stereocenters. The zero-order chi connectivity index (χ0) is 14.4. The SMILES string of the molecule is CC(C)Oc1ncnc(NCCN(C)C(C)C)c1N. The lowest BCUT2D eigenvalue weighted by Gasteiger charge is -2.21. The van der Waals surface area contributed by atoms with E-state index in [-0.39, 0.29) is 6.10 Å². The maximum absolute atomic E-state index is 5.98. The second-order valence-electron chi connectivity index (χ2n) is 5.11. The van der Waals surface area contributed by atoms with Crippen LogP contribution in [0.1, 0.15) is 27.7 Å². The lowest BCUT2D eigenvalue weighted by atomic mass is 10.3. The van der Waals surface area contributed by atoms with Gasteiger partial charge in [-0.1, -0.05) is 0 Å². The van der Waals surface area contributed by atoms with Crippen molar-refractivity contribution in [3.63, 3.8) is 0 Å². The van der Waals surface area contributed by atoms with Gasteiger partial charge in [-0.15, -0.1) is 0 Å². The lowest BCUT2D eigenvalue weighted by molar-refractivity contribution is 0.234. The fraction of sp³-hybridized carbons (Fsp3) is 0.692. The van der Waals surface area contributed by atoms with E-state index in [0.717, 1.165) is 13.1 Å². The molecule has 0 fully saturated rings. The van der Waals surface area contributed by atoms with Crippen molar-refractivity contribution in [1.82, 2.24) is 14.9 Å². The molecule has 0 unspecified atom stereocenters. The smallest absolute Gasteiger partial charge is 0.242 e. The minimum atomic E-state index is 0.0390. The summed E-state index contributed by atoms with van der Waals surface area (Å²) in [6, 6.07) is 0.518. The zero-order valence-electron chi connectivity index (χ0n) is 12.5. The average molecular weight is 267 g/mol. The number of nitrogens with zero attached hydrogens (tertiary/aromatic N) is 3. The predicted octanol–water partition coefficient (Wildman–Crippen LogP) is 1.60. The van der Waals surface area contributed by atoms with Crippen molar-refractivity contribution in [3.8, 4) is 5.88 Å². The summed E-state index contributed by atoms with van der Waals surface area (Å²) in [7, 11) is 2.09. The van der Waals surface area contributed by atoms with Crippen LogP contribution in [0.5, 0.6) is 5.88 Å². The Balaban J connectivity index is 2.59. The van der Waals surface area contributed by atoms with Crippen LogP contribution in [0, 0.1) is 0 Å². The minimum absolute atomic E-state index is 0.0390. The van der Waals surface area contributed by atoms with Crippen LogP contribution in [0.4, 0.5) is 11.5 Å². The van der Waals surface area contributed by atoms with E-state index in [0.29, 0.717) is 23.4 Å². The van der Waals surface area contributed by atoms with Gasteiger partial charge in [0.2, 0.25) is 5.88 Å². The van der Waals surface area contributed by atoms with Crippen molar-refractivity contribution in [3.05, 3.63) is 6.33 Å². The molecule has 108 valence electrons. The summed E-state index contributed by atoms with van der Waals surface area (Å²) in [5.74, 6) is 1.06. The Labute approximate surface area is 115 Å². The van der Waals surface area contributed by atoms with Crippen LogP contribution in [-0.4, -0.2) is 47.2 Å². The summed E-state index contributed by atoms with van der Waals surface area (Å²) < 4.78 is 5.52. The van der Waals surface area contributed by atoms with E-state index in [4.69, 9.17) is 10.5 Å². The number of rotatable bonds is 7. The summed E-state index contributed by atoms with van der Waals surface area (Å²) in [6.45, 7) is 9.89. The Morgan fingerprint density at radius 1 is 1.32 bits per heavy atom. The highest BCUT2D eigenvalue weighted by atomic mass is 16.5. The van der Waals surface area contributed by atoms with Crippen molar-refractivity contribution in [2.75, 3.05) is 31.2 Å². The number of ether oxygens (including phenoxy) is 1. The number of nitrogens with two attached hydrogens (primary N) is 1. The van der Waals surface area contributed by atoms with Gasteiger partial charge in [-0.05, 0) is 34.7 Å². The van der Waals surface area contributed by atoms with E-state index in [1.54, 1.807) is 0 Å². The van der Waals surface area contributed by atoms with Crippen molar-refractivity contribution >= 4 is 11.5 Å². The number of anilines is 2. The summed E-state index contributed by atoms with van der Waals surface area (Å²) in [5, 5.41) is 3.21. The van der Waals surface area contributed by atoms with E-state index >= 15 is 0 Å². The molecule has 0 aliphatic carbocycles. The standard InChI is InChI=1S/C13H25N5O/c1-9(2)18(5)7-6-15-12-11(14)13(17-8-16-12)19-10(3)4/h8-10H,6-7,14H2,1-5H3,(H,15,16,17). The Morgan fingerprint density at radius 3 is 2.58 bits per heavy atom. The summed E-state index contributed by atoms with van der Waals surface area (Å²) >= 11 is 0. The highest BCUT2D eigenvalue weighted by Crippen LogP contribution is 2.25. The van der Waals surface area contributed by atoms with Gasteiger partial charge in [0, 0.05) is 19.1 Å². The van der Waals surface area contributed by atoms with E-state index in [1.165, 1.54) is 6.33 Å². The largest absolute Gasteiger partial charge is 0.473 e. The van der Waals surface area contributed by atoms with E-state index in [2.05, 4.69) is 41.1 Å². The first-order valence-electron chi connectivity index (χ1n) is 6.63. The molecule has 1 heterocycles. The van der Waals surface area contributed by atoms with Crippen molar-refractivity contribution in [2.24, 2.45) is 0 Å². The molecule has 1 aromatic heterocycles. The third-order valence-electron chi connectivity index (χ3n) is 2.83. The van der Waals surface area contributed by atoms with Crippen LogP contribution in [0.3, 0.4) is 0 Å². The van der Waals surface area contributed by atoms with Crippen molar-refractivity contribution in [1.29, 1.82) is 0 Å². The van der Waals surface area contributed by atoms with Gasteiger partial charge >= 0.3 is 0 Å². The summed E-state index contributed by atoms with van der Waals surface area (Å²) in [6.07, 6.45) is 1.50. The molecule has 0 aromatic carbocycles. The Bertz CT molecular complexity index is 395.